The van der Waals surface area contributed by atoms with Crippen LogP contribution in [0.1, 0.15) is 40.5 Å². The number of carbonyl (C=O) groups excluding carboxylic acids is 3. The van der Waals surface area contributed by atoms with Gasteiger partial charge in [0.15, 0.2) is 0 Å². The van der Waals surface area contributed by atoms with Gasteiger partial charge in [0.25, 0.3) is 11.8 Å². The van der Waals surface area contributed by atoms with E-state index < -0.39 is 0 Å². The van der Waals surface area contributed by atoms with Crippen molar-refractivity contribution in [3.8, 4) is 0 Å². The number of hydrogen-bond acceptors (Lipinski definition) is 3. The van der Waals surface area contributed by atoms with E-state index in [1.807, 2.05) is 25.1 Å². The number of benzene rings is 2. The van der Waals surface area contributed by atoms with E-state index in [0.717, 1.165) is 0 Å². The summed E-state index contributed by atoms with van der Waals surface area (Å²) in [5, 5.41) is 5.67. The van der Waals surface area contributed by atoms with Gasteiger partial charge in [0.05, 0.1) is 0 Å². The molecule has 1 heterocycles. The van der Waals surface area contributed by atoms with E-state index in [9.17, 15) is 14.4 Å². The number of amides is 3. The molecule has 3 rings (SSSR count). The van der Waals surface area contributed by atoms with Crippen molar-refractivity contribution < 1.29 is 14.4 Å². The first-order valence-electron chi connectivity index (χ1n) is 9.62. The van der Waals surface area contributed by atoms with Crippen molar-refractivity contribution in [1.82, 2.24) is 10.2 Å². The Bertz CT molecular complexity index is 826. The molecule has 0 atom stereocenters. The van der Waals surface area contributed by atoms with Crippen LogP contribution >= 0.6 is 0 Å². The van der Waals surface area contributed by atoms with Gasteiger partial charge >= 0.3 is 0 Å². The maximum atomic E-state index is 12.7. The molecule has 0 spiro atoms. The summed E-state index contributed by atoms with van der Waals surface area (Å²) < 4.78 is 0. The molecule has 0 aromatic heterocycles. The van der Waals surface area contributed by atoms with Gasteiger partial charge < -0.3 is 15.5 Å². The Kier molecular flexibility index (Phi) is 6.42. The number of hydrogen-bond donors (Lipinski definition) is 2. The maximum Gasteiger partial charge on any atom is 0.255 e. The highest BCUT2D eigenvalue weighted by Gasteiger charge is 2.27. The molecule has 6 nitrogen and oxygen atoms in total. The van der Waals surface area contributed by atoms with Crippen molar-refractivity contribution in [2.45, 2.75) is 19.8 Å². The molecular formula is C22H25N3O3. The maximum absolute atomic E-state index is 12.7. The van der Waals surface area contributed by atoms with Crippen LogP contribution in [-0.2, 0) is 4.79 Å². The largest absolute Gasteiger partial charge is 0.356 e. The molecule has 6 heteroatoms. The molecule has 1 aliphatic rings. The molecule has 2 aromatic carbocycles. The Morgan fingerprint density at radius 1 is 0.929 bits per heavy atom. The van der Waals surface area contributed by atoms with Crippen LogP contribution in [0.3, 0.4) is 0 Å². The lowest BCUT2D eigenvalue weighted by atomic mass is 9.95. The Balaban J connectivity index is 1.56. The Labute approximate surface area is 164 Å². The highest BCUT2D eigenvalue weighted by molar-refractivity contribution is 6.04. The van der Waals surface area contributed by atoms with Crippen molar-refractivity contribution in [1.29, 1.82) is 0 Å². The van der Waals surface area contributed by atoms with Crippen molar-refractivity contribution in [2.24, 2.45) is 5.92 Å². The van der Waals surface area contributed by atoms with Gasteiger partial charge in [-0.25, -0.2) is 0 Å². The molecule has 0 radical (unpaired) electrons. The third-order valence-electron chi connectivity index (χ3n) is 4.93. The molecule has 1 aliphatic heterocycles. The summed E-state index contributed by atoms with van der Waals surface area (Å²) >= 11 is 0. The third-order valence-corrected chi connectivity index (χ3v) is 4.93. The second-order valence-corrected chi connectivity index (χ2v) is 6.86. The van der Waals surface area contributed by atoms with Crippen LogP contribution in [-0.4, -0.2) is 42.3 Å². The molecule has 0 unspecified atom stereocenters. The van der Waals surface area contributed by atoms with Gasteiger partial charge in [0.1, 0.15) is 0 Å². The first kappa shape index (κ1) is 19.6. The summed E-state index contributed by atoms with van der Waals surface area (Å²) in [6, 6.07) is 15.9. The predicted octanol–water partition coefficient (Wildman–Crippen LogP) is 2.93. The molecule has 1 fully saturated rings. The van der Waals surface area contributed by atoms with Crippen LogP contribution in [0.2, 0.25) is 0 Å². The number of nitrogens with zero attached hydrogens (tertiary/aromatic N) is 1. The lowest BCUT2D eigenvalue weighted by Crippen LogP contribution is -2.43. The fraction of sp³-hybridized carbons (Fsp3) is 0.318. The van der Waals surface area contributed by atoms with E-state index in [0.29, 0.717) is 49.3 Å². The van der Waals surface area contributed by atoms with E-state index in [2.05, 4.69) is 10.6 Å². The normalized spacial score (nSPS) is 14.4. The van der Waals surface area contributed by atoms with E-state index in [1.54, 1.807) is 41.3 Å². The lowest BCUT2D eigenvalue weighted by Gasteiger charge is -2.31. The number of piperidine rings is 1. The van der Waals surface area contributed by atoms with Gasteiger partial charge in [-0.3, -0.25) is 14.4 Å². The molecule has 0 aliphatic carbocycles. The van der Waals surface area contributed by atoms with Crippen molar-refractivity contribution in [2.75, 3.05) is 25.0 Å². The molecule has 0 bridgehead atoms. The highest BCUT2D eigenvalue weighted by atomic mass is 16.2. The van der Waals surface area contributed by atoms with Crippen molar-refractivity contribution in [3.05, 3.63) is 65.7 Å². The molecule has 2 aromatic rings. The second-order valence-electron chi connectivity index (χ2n) is 6.86. The van der Waals surface area contributed by atoms with Gasteiger partial charge in [0.2, 0.25) is 5.91 Å². The summed E-state index contributed by atoms with van der Waals surface area (Å²) in [7, 11) is 0. The summed E-state index contributed by atoms with van der Waals surface area (Å²) in [6.07, 6.45) is 1.37. The topological polar surface area (TPSA) is 78.5 Å². The van der Waals surface area contributed by atoms with Crippen molar-refractivity contribution in [3.63, 3.8) is 0 Å². The van der Waals surface area contributed by atoms with Crippen LogP contribution in [0.15, 0.2) is 54.6 Å². The first-order chi connectivity index (χ1) is 13.6. The SMILES string of the molecule is CCNC(=O)C1CCN(C(=O)c2ccc(NC(=O)c3ccccc3)cc2)CC1. The van der Waals surface area contributed by atoms with Crippen LogP contribution in [0.4, 0.5) is 5.69 Å². The fourth-order valence-corrected chi connectivity index (χ4v) is 3.33. The molecular weight excluding hydrogens is 354 g/mol. The molecule has 28 heavy (non-hydrogen) atoms. The van der Waals surface area contributed by atoms with Gasteiger partial charge in [-0.05, 0) is 56.2 Å². The monoisotopic (exact) mass is 379 g/mol. The first-order valence-corrected chi connectivity index (χ1v) is 9.62. The Morgan fingerprint density at radius 2 is 1.57 bits per heavy atom. The zero-order valence-electron chi connectivity index (χ0n) is 16.0. The zero-order valence-corrected chi connectivity index (χ0v) is 16.0. The number of rotatable bonds is 5. The summed E-state index contributed by atoms with van der Waals surface area (Å²) in [5.74, 6) is -0.171. The number of carbonyl (C=O) groups is 3. The molecule has 0 saturated carbocycles. The van der Waals surface area contributed by atoms with Crippen LogP contribution in [0, 0.1) is 5.92 Å². The quantitative estimate of drug-likeness (QED) is 0.838. The minimum atomic E-state index is -0.188. The minimum Gasteiger partial charge on any atom is -0.356 e. The molecule has 2 N–H and O–H groups in total. The van der Waals surface area contributed by atoms with E-state index in [4.69, 9.17) is 0 Å². The number of anilines is 1. The fourth-order valence-electron chi connectivity index (χ4n) is 3.33. The summed E-state index contributed by atoms with van der Waals surface area (Å²) in [4.78, 5) is 38.6. The van der Waals surface area contributed by atoms with E-state index >= 15 is 0 Å². The smallest absolute Gasteiger partial charge is 0.255 e. The molecule has 1 saturated heterocycles. The van der Waals surface area contributed by atoms with Gasteiger partial charge in [-0.1, -0.05) is 18.2 Å². The van der Waals surface area contributed by atoms with E-state index in [-0.39, 0.29) is 23.6 Å². The van der Waals surface area contributed by atoms with Gasteiger partial charge in [0, 0.05) is 42.4 Å². The summed E-state index contributed by atoms with van der Waals surface area (Å²) in [5.41, 5.74) is 1.80. The molecule has 146 valence electrons. The second kappa shape index (κ2) is 9.17. The number of nitrogens with one attached hydrogen (secondary N) is 2. The van der Waals surface area contributed by atoms with Crippen LogP contribution in [0.5, 0.6) is 0 Å². The standard InChI is InChI=1S/C22H25N3O3/c1-2-23-20(26)17-12-14-25(15-13-17)22(28)18-8-10-19(11-9-18)24-21(27)16-6-4-3-5-7-16/h3-11,17H,2,12-15H2,1H3,(H,23,26)(H,24,27). The van der Waals surface area contributed by atoms with Crippen LogP contribution in [0.25, 0.3) is 0 Å². The number of likely N-dealkylation sites (tertiary alicyclic amines) is 1. The Hall–Kier alpha value is -3.15. The Morgan fingerprint density at radius 3 is 2.18 bits per heavy atom. The lowest BCUT2D eigenvalue weighted by molar-refractivity contribution is -0.126. The van der Waals surface area contributed by atoms with E-state index in [1.165, 1.54) is 0 Å². The minimum absolute atomic E-state index is 0.0143. The van der Waals surface area contributed by atoms with Gasteiger partial charge in [-0.2, -0.15) is 0 Å². The third kappa shape index (κ3) is 4.76. The zero-order chi connectivity index (χ0) is 19.9. The summed E-state index contributed by atoms with van der Waals surface area (Å²) in [6.45, 7) is 3.69. The molecule has 3 amide bonds. The average Bonchev–Trinajstić information content (AvgIpc) is 2.74. The highest BCUT2D eigenvalue weighted by Crippen LogP contribution is 2.20. The van der Waals surface area contributed by atoms with Gasteiger partial charge in [-0.15, -0.1) is 0 Å². The average molecular weight is 379 g/mol. The predicted molar refractivity (Wildman–Crippen MR) is 108 cm³/mol. The van der Waals surface area contributed by atoms with Crippen molar-refractivity contribution >= 4 is 23.4 Å². The van der Waals surface area contributed by atoms with Crippen LogP contribution < -0.4 is 10.6 Å².